The van der Waals surface area contributed by atoms with E-state index in [9.17, 15) is 9.59 Å². The molecule has 0 N–H and O–H groups in total. The van der Waals surface area contributed by atoms with Crippen LogP contribution in [-0.2, 0) is 9.53 Å². The minimum absolute atomic E-state index is 0.259. The van der Waals surface area contributed by atoms with Gasteiger partial charge in [0.1, 0.15) is 11.9 Å². The number of likely N-dealkylation sites (tertiary alicyclic amines) is 1. The maximum atomic E-state index is 11.8. The first kappa shape index (κ1) is 10.5. The van der Waals surface area contributed by atoms with E-state index in [4.69, 9.17) is 4.74 Å². The topological polar surface area (TPSA) is 46.6 Å². The predicted molar refractivity (Wildman–Crippen MR) is 54.4 cm³/mol. The Balaban J connectivity index is 2.02. The molecule has 0 spiro atoms. The van der Waals surface area contributed by atoms with Crippen molar-refractivity contribution < 1.29 is 14.3 Å². The normalized spacial score (nSPS) is 33.5. The quantitative estimate of drug-likeness (QED) is 0.619. The van der Waals surface area contributed by atoms with Gasteiger partial charge in [0, 0.05) is 6.04 Å². The van der Waals surface area contributed by atoms with Gasteiger partial charge in [-0.2, -0.15) is 0 Å². The lowest BCUT2D eigenvalue weighted by molar-refractivity contribution is -0.112. The zero-order chi connectivity index (χ0) is 11.2. The number of carbonyl (C=O) groups is 2. The van der Waals surface area contributed by atoms with Gasteiger partial charge in [-0.25, -0.2) is 4.79 Å². The molecule has 1 aliphatic carbocycles. The van der Waals surface area contributed by atoms with Crippen LogP contribution in [0.2, 0.25) is 0 Å². The van der Waals surface area contributed by atoms with Crippen LogP contribution in [0.5, 0.6) is 0 Å². The molecule has 15 heavy (non-hydrogen) atoms. The van der Waals surface area contributed by atoms with Crippen molar-refractivity contribution in [3.8, 4) is 0 Å². The van der Waals surface area contributed by atoms with Crippen molar-refractivity contribution in [2.45, 2.75) is 51.3 Å². The summed E-state index contributed by atoms with van der Waals surface area (Å²) in [7, 11) is 0. The van der Waals surface area contributed by atoms with E-state index in [-0.39, 0.29) is 18.2 Å². The van der Waals surface area contributed by atoms with Crippen LogP contribution in [0.25, 0.3) is 0 Å². The van der Waals surface area contributed by atoms with Crippen molar-refractivity contribution in [1.82, 2.24) is 4.90 Å². The van der Waals surface area contributed by atoms with E-state index in [0.717, 1.165) is 19.1 Å². The molecule has 3 atom stereocenters. The van der Waals surface area contributed by atoms with E-state index in [2.05, 4.69) is 0 Å². The second-order valence-corrected chi connectivity index (χ2v) is 5.39. The summed E-state index contributed by atoms with van der Waals surface area (Å²) in [6.45, 7) is 5.50. The van der Waals surface area contributed by atoms with Crippen molar-refractivity contribution in [2.75, 3.05) is 0 Å². The fraction of sp³-hybridized carbons (Fsp3) is 0.818. The van der Waals surface area contributed by atoms with E-state index in [1.54, 1.807) is 4.90 Å². The molecule has 0 aromatic rings. The molecule has 0 bridgehead atoms. The van der Waals surface area contributed by atoms with Crippen LogP contribution < -0.4 is 0 Å². The lowest BCUT2D eigenvalue weighted by atomic mass is 10.2. The van der Waals surface area contributed by atoms with E-state index < -0.39 is 5.60 Å². The maximum Gasteiger partial charge on any atom is 0.411 e. The molecule has 2 rings (SSSR count). The first-order valence-electron chi connectivity index (χ1n) is 5.39. The lowest BCUT2D eigenvalue weighted by Gasteiger charge is -2.28. The highest BCUT2D eigenvalue weighted by Crippen LogP contribution is 2.47. The van der Waals surface area contributed by atoms with Gasteiger partial charge in [-0.15, -0.1) is 0 Å². The molecule has 4 heteroatoms. The fourth-order valence-electron chi connectivity index (χ4n) is 2.20. The van der Waals surface area contributed by atoms with Gasteiger partial charge in [-0.05, 0) is 39.5 Å². The Morgan fingerprint density at radius 1 is 1.40 bits per heavy atom. The van der Waals surface area contributed by atoms with Gasteiger partial charge >= 0.3 is 6.09 Å². The van der Waals surface area contributed by atoms with E-state index in [1.807, 2.05) is 20.8 Å². The molecule has 1 heterocycles. The largest absolute Gasteiger partial charge is 0.444 e. The molecule has 1 amide bonds. The summed E-state index contributed by atoms with van der Waals surface area (Å²) >= 11 is 0. The van der Waals surface area contributed by atoms with Crippen LogP contribution in [0.1, 0.15) is 33.6 Å². The summed E-state index contributed by atoms with van der Waals surface area (Å²) in [6, 6.07) is -0.00125. The van der Waals surface area contributed by atoms with Gasteiger partial charge in [0.15, 0.2) is 0 Å². The van der Waals surface area contributed by atoms with E-state index in [1.165, 1.54) is 0 Å². The first-order chi connectivity index (χ1) is 6.92. The van der Waals surface area contributed by atoms with Crippen LogP contribution in [0, 0.1) is 5.92 Å². The van der Waals surface area contributed by atoms with Crippen LogP contribution >= 0.6 is 0 Å². The molecular weight excluding hydrogens is 194 g/mol. The number of rotatable bonds is 1. The average Bonchev–Trinajstić information content (AvgIpc) is 2.73. The number of aldehydes is 1. The summed E-state index contributed by atoms with van der Waals surface area (Å²) in [5.41, 5.74) is -0.489. The second-order valence-electron chi connectivity index (χ2n) is 5.39. The minimum atomic E-state index is -0.489. The smallest absolute Gasteiger partial charge is 0.411 e. The van der Waals surface area contributed by atoms with Crippen molar-refractivity contribution in [3.63, 3.8) is 0 Å². The van der Waals surface area contributed by atoms with Crippen molar-refractivity contribution >= 4 is 12.4 Å². The highest BCUT2D eigenvalue weighted by Gasteiger charge is 2.54. The third-order valence-corrected chi connectivity index (χ3v) is 2.91. The van der Waals surface area contributed by atoms with Crippen molar-refractivity contribution in [3.05, 3.63) is 0 Å². The Kier molecular flexibility index (Phi) is 2.24. The molecule has 2 aliphatic rings. The van der Waals surface area contributed by atoms with Crippen molar-refractivity contribution in [1.29, 1.82) is 0 Å². The molecule has 0 aromatic heterocycles. The molecule has 84 valence electrons. The van der Waals surface area contributed by atoms with Crippen LogP contribution in [0.15, 0.2) is 0 Å². The Morgan fingerprint density at radius 3 is 2.60 bits per heavy atom. The summed E-state index contributed by atoms with van der Waals surface area (Å²) < 4.78 is 5.28. The van der Waals surface area contributed by atoms with E-state index >= 15 is 0 Å². The van der Waals surface area contributed by atoms with Gasteiger partial charge < -0.3 is 9.53 Å². The summed E-state index contributed by atoms with van der Waals surface area (Å²) in [5.74, 6) is 0.535. The van der Waals surface area contributed by atoms with Gasteiger partial charge in [0.05, 0.1) is 6.04 Å². The third-order valence-electron chi connectivity index (χ3n) is 2.91. The number of nitrogens with zero attached hydrogens (tertiary/aromatic N) is 1. The highest BCUT2D eigenvalue weighted by atomic mass is 16.6. The molecule has 2 fully saturated rings. The van der Waals surface area contributed by atoms with E-state index in [0.29, 0.717) is 5.92 Å². The number of carbonyl (C=O) groups excluding carboxylic acids is 2. The Bertz CT molecular complexity index is 295. The van der Waals surface area contributed by atoms with Crippen molar-refractivity contribution in [2.24, 2.45) is 5.92 Å². The SMILES string of the molecule is CC(C)(C)OC(=O)N1C2CC2C[C@H]1C=O. The number of amides is 1. The number of hydrogen-bond acceptors (Lipinski definition) is 3. The van der Waals surface area contributed by atoms with Gasteiger partial charge in [-0.1, -0.05) is 0 Å². The molecule has 1 aliphatic heterocycles. The second kappa shape index (κ2) is 3.22. The number of piperidine rings is 1. The molecule has 2 unspecified atom stereocenters. The lowest BCUT2D eigenvalue weighted by Crippen LogP contribution is -2.42. The summed E-state index contributed by atoms with van der Waals surface area (Å²) in [6.07, 6.45) is 2.36. The number of hydrogen-bond donors (Lipinski definition) is 0. The van der Waals surface area contributed by atoms with Crippen LogP contribution in [0.4, 0.5) is 4.79 Å². The van der Waals surface area contributed by atoms with Gasteiger partial charge in [-0.3, -0.25) is 4.90 Å². The zero-order valence-corrected chi connectivity index (χ0v) is 9.40. The standard InChI is InChI=1S/C11H17NO3/c1-11(2,3)15-10(14)12-8(6-13)4-7-5-9(7)12/h6-9H,4-5H2,1-3H3/t7?,8-,9?/m0/s1. The Morgan fingerprint density at radius 2 is 2.07 bits per heavy atom. The molecule has 1 saturated carbocycles. The number of fused-ring (bicyclic) bond motifs is 1. The van der Waals surface area contributed by atoms with Crippen LogP contribution in [0.3, 0.4) is 0 Å². The molecular formula is C11H17NO3. The minimum Gasteiger partial charge on any atom is -0.444 e. The first-order valence-corrected chi connectivity index (χ1v) is 5.39. The fourth-order valence-corrected chi connectivity index (χ4v) is 2.20. The zero-order valence-electron chi connectivity index (χ0n) is 9.40. The molecule has 0 radical (unpaired) electrons. The Hall–Kier alpha value is -1.06. The molecule has 1 saturated heterocycles. The maximum absolute atomic E-state index is 11.8. The highest BCUT2D eigenvalue weighted by molar-refractivity contribution is 5.76. The Labute approximate surface area is 89.6 Å². The monoisotopic (exact) mass is 211 g/mol. The van der Waals surface area contributed by atoms with Gasteiger partial charge in [0.2, 0.25) is 0 Å². The van der Waals surface area contributed by atoms with Gasteiger partial charge in [0.25, 0.3) is 0 Å². The molecule has 4 nitrogen and oxygen atoms in total. The number of ether oxygens (including phenoxy) is 1. The average molecular weight is 211 g/mol. The summed E-state index contributed by atoms with van der Waals surface area (Å²) in [4.78, 5) is 24.2. The van der Waals surface area contributed by atoms with Crippen LogP contribution in [-0.4, -0.2) is 35.0 Å². The molecule has 0 aromatic carbocycles. The predicted octanol–water partition coefficient (Wildman–Crippen LogP) is 1.58. The third kappa shape index (κ3) is 1.98. The summed E-state index contributed by atoms with van der Waals surface area (Å²) in [5, 5.41) is 0.